The average Bonchev–Trinajstić information content (AvgIpc) is 2.73. The summed E-state index contributed by atoms with van der Waals surface area (Å²) in [5, 5.41) is 10.4. The molecule has 0 bridgehead atoms. The van der Waals surface area contributed by atoms with E-state index in [1.165, 1.54) is 0 Å². The summed E-state index contributed by atoms with van der Waals surface area (Å²) < 4.78 is 11.4. The molecule has 1 heterocycles. The summed E-state index contributed by atoms with van der Waals surface area (Å²) in [6.07, 6.45) is -0.0574. The maximum absolute atomic E-state index is 12.4. The molecule has 6 nitrogen and oxygen atoms in total. The molecule has 1 aliphatic heterocycles. The number of aliphatic hydroxyl groups is 1. The minimum Gasteiger partial charge on any atom is -0.490 e. The quantitative estimate of drug-likeness (QED) is 0.739. The molecule has 1 amide bonds. The highest BCUT2D eigenvalue weighted by molar-refractivity contribution is 5.99. The molecule has 1 saturated heterocycles. The number of nitrogens with zero attached hydrogens (tertiary/aromatic N) is 1. The Balaban J connectivity index is 1.52. The van der Waals surface area contributed by atoms with Crippen LogP contribution in [-0.4, -0.2) is 46.7 Å². The molecule has 0 saturated carbocycles. The molecule has 1 aliphatic rings. The molecule has 1 fully saturated rings. The zero-order chi connectivity index (χ0) is 21.7. The number of carbonyl (C=O) groups excluding carboxylic acids is 2. The van der Waals surface area contributed by atoms with E-state index in [0.29, 0.717) is 30.0 Å². The van der Waals surface area contributed by atoms with E-state index in [9.17, 15) is 14.7 Å². The number of ether oxygens (including phenoxy) is 2. The molecule has 0 aliphatic carbocycles. The Morgan fingerprint density at radius 2 is 1.60 bits per heavy atom. The number of aliphatic hydroxyl groups excluding tert-OH is 1. The number of rotatable bonds is 5. The maximum Gasteiger partial charge on any atom is 0.410 e. The van der Waals surface area contributed by atoms with E-state index in [1.54, 1.807) is 53.4 Å². The third-order valence-corrected chi connectivity index (χ3v) is 4.90. The standard InChI is InChI=1S/C24H29NO5/c1-24(2,3)30-23(28)25-15-13-20(14-16-25)29-19-11-9-18(10-12-19)22(27)21(26)17-7-5-4-6-8-17/h4-12,20,22,27H,13-16H2,1-3H3. The molecule has 160 valence electrons. The van der Waals surface area contributed by atoms with Crippen molar-refractivity contribution in [2.45, 2.75) is 51.4 Å². The SMILES string of the molecule is CC(C)(C)OC(=O)N1CCC(Oc2ccc(C(O)C(=O)c3ccccc3)cc2)CC1. The van der Waals surface area contributed by atoms with Crippen molar-refractivity contribution in [3.05, 3.63) is 65.7 Å². The lowest BCUT2D eigenvalue weighted by Gasteiger charge is -2.33. The number of piperidine rings is 1. The number of carbonyl (C=O) groups is 2. The van der Waals surface area contributed by atoms with E-state index in [0.717, 1.165) is 12.8 Å². The Morgan fingerprint density at radius 1 is 1.00 bits per heavy atom. The van der Waals surface area contributed by atoms with Gasteiger partial charge in [-0.2, -0.15) is 0 Å². The lowest BCUT2D eigenvalue weighted by molar-refractivity contribution is 0.0126. The van der Waals surface area contributed by atoms with Gasteiger partial charge in [-0.05, 0) is 38.5 Å². The van der Waals surface area contributed by atoms with Gasteiger partial charge >= 0.3 is 6.09 Å². The van der Waals surface area contributed by atoms with Gasteiger partial charge in [0.25, 0.3) is 0 Å². The molecule has 1 unspecified atom stereocenters. The van der Waals surface area contributed by atoms with Crippen LogP contribution >= 0.6 is 0 Å². The largest absolute Gasteiger partial charge is 0.490 e. The summed E-state index contributed by atoms with van der Waals surface area (Å²) in [6.45, 7) is 6.74. The molecule has 2 aromatic rings. The first-order chi connectivity index (χ1) is 14.2. The second-order valence-electron chi connectivity index (χ2n) is 8.49. The second kappa shape index (κ2) is 9.30. The third kappa shape index (κ3) is 5.83. The Labute approximate surface area is 177 Å². The molecule has 6 heteroatoms. The van der Waals surface area contributed by atoms with Gasteiger partial charge < -0.3 is 19.5 Å². The van der Waals surface area contributed by atoms with Gasteiger partial charge in [-0.25, -0.2) is 4.79 Å². The first-order valence-electron chi connectivity index (χ1n) is 10.2. The molecule has 30 heavy (non-hydrogen) atoms. The fourth-order valence-electron chi connectivity index (χ4n) is 3.32. The first-order valence-corrected chi connectivity index (χ1v) is 10.2. The van der Waals surface area contributed by atoms with Gasteiger partial charge in [0.05, 0.1) is 0 Å². The predicted molar refractivity (Wildman–Crippen MR) is 114 cm³/mol. The number of likely N-dealkylation sites (tertiary alicyclic amines) is 1. The normalized spacial score (nSPS) is 16.1. The number of hydrogen-bond donors (Lipinski definition) is 1. The van der Waals surface area contributed by atoms with Gasteiger partial charge in [-0.15, -0.1) is 0 Å². The van der Waals surface area contributed by atoms with Crippen LogP contribution in [0, 0.1) is 0 Å². The van der Waals surface area contributed by atoms with Crippen molar-refractivity contribution in [1.82, 2.24) is 4.90 Å². The van der Waals surface area contributed by atoms with E-state index in [4.69, 9.17) is 9.47 Å². The van der Waals surface area contributed by atoms with E-state index >= 15 is 0 Å². The van der Waals surface area contributed by atoms with Gasteiger partial charge in [0.1, 0.15) is 23.6 Å². The summed E-state index contributed by atoms with van der Waals surface area (Å²) in [4.78, 5) is 26.3. The highest BCUT2D eigenvalue weighted by Gasteiger charge is 2.27. The number of benzene rings is 2. The Hall–Kier alpha value is -2.86. The van der Waals surface area contributed by atoms with Gasteiger partial charge in [-0.3, -0.25) is 4.79 Å². The minimum atomic E-state index is -1.21. The monoisotopic (exact) mass is 411 g/mol. The van der Waals surface area contributed by atoms with Crippen molar-refractivity contribution in [3.63, 3.8) is 0 Å². The van der Waals surface area contributed by atoms with Gasteiger partial charge in [-0.1, -0.05) is 42.5 Å². The van der Waals surface area contributed by atoms with Gasteiger partial charge in [0.15, 0.2) is 5.78 Å². The summed E-state index contributed by atoms with van der Waals surface area (Å²) in [5.74, 6) is 0.340. The third-order valence-electron chi connectivity index (χ3n) is 4.90. The molecule has 1 atom stereocenters. The second-order valence-corrected chi connectivity index (χ2v) is 8.49. The molecular weight excluding hydrogens is 382 g/mol. The van der Waals surface area contributed by atoms with Crippen LogP contribution in [0.1, 0.15) is 55.6 Å². The fraction of sp³-hybridized carbons (Fsp3) is 0.417. The average molecular weight is 411 g/mol. The van der Waals surface area contributed by atoms with Crippen molar-refractivity contribution in [3.8, 4) is 5.75 Å². The van der Waals surface area contributed by atoms with Crippen molar-refractivity contribution in [1.29, 1.82) is 0 Å². The first kappa shape index (κ1) is 21.8. The topological polar surface area (TPSA) is 76.1 Å². The molecule has 0 aromatic heterocycles. The van der Waals surface area contributed by atoms with E-state index in [2.05, 4.69) is 0 Å². The highest BCUT2D eigenvalue weighted by atomic mass is 16.6. The number of amides is 1. The smallest absolute Gasteiger partial charge is 0.410 e. The zero-order valence-corrected chi connectivity index (χ0v) is 17.7. The molecule has 1 N–H and O–H groups in total. The molecule has 2 aromatic carbocycles. The Bertz CT molecular complexity index is 849. The van der Waals surface area contributed by atoms with E-state index < -0.39 is 11.7 Å². The Kier molecular flexibility index (Phi) is 6.77. The van der Waals surface area contributed by atoms with Gasteiger partial charge in [0.2, 0.25) is 0 Å². The minimum absolute atomic E-state index is 0.00501. The summed E-state index contributed by atoms with van der Waals surface area (Å²) in [7, 11) is 0. The lowest BCUT2D eigenvalue weighted by Crippen LogP contribution is -2.44. The van der Waals surface area contributed by atoms with Crippen LogP contribution in [0.2, 0.25) is 0 Å². The van der Waals surface area contributed by atoms with Crippen LogP contribution in [0.3, 0.4) is 0 Å². The lowest BCUT2D eigenvalue weighted by atomic mass is 10.00. The fourth-order valence-corrected chi connectivity index (χ4v) is 3.32. The summed E-state index contributed by atoms with van der Waals surface area (Å²) >= 11 is 0. The van der Waals surface area contributed by atoms with Crippen LogP contribution in [-0.2, 0) is 4.74 Å². The molecule has 0 radical (unpaired) electrons. The van der Waals surface area contributed by atoms with Crippen molar-refractivity contribution < 1.29 is 24.2 Å². The van der Waals surface area contributed by atoms with E-state index in [1.807, 2.05) is 26.8 Å². The maximum atomic E-state index is 12.4. The Morgan fingerprint density at radius 3 is 2.17 bits per heavy atom. The van der Waals surface area contributed by atoms with Gasteiger partial charge in [0, 0.05) is 31.5 Å². The highest BCUT2D eigenvalue weighted by Crippen LogP contribution is 2.24. The van der Waals surface area contributed by atoms with Crippen LogP contribution in [0.5, 0.6) is 5.75 Å². The number of ketones is 1. The van der Waals surface area contributed by atoms with Crippen molar-refractivity contribution in [2.24, 2.45) is 0 Å². The molecule has 3 rings (SSSR count). The van der Waals surface area contributed by atoms with Crippen molar-refractivity contribution >= 4 is 11.9 Å². The van der Waals surface area contributed by atoms with E-state index in [-0.39, 0.29) is 18.0 Å². The zero-order valence-electron chi connectivity index (χ0n) is 17.7. The predicted octanol–water partition coefficient (Wildman–Crippen LogP) is 4.38. The van der Waals surface area contributed by atoms with Crippen LogP contribution in [0.4, 0.5) is 4.79 Å². The molecular formula is C24H29NO5. The van der Waals surface area contributed by atoms with Crippen LogP contribution < -0.4 is 4.74 Å². The number of hydrogen-bond acceptors (Lipinski definition) is 5. The number of Topliss-reactive ketones (excluding diaryl/α,β-unsaturated/α-hetero) is 1. The van der Waals surface area contributed by atoms with Crippen molar-refractivity contribution in [2.75, 3.05) is 13.1 Å². The summed E-state index contributed by atoms with van der Waals surface area (Å²) in [5.41, 5.74) is 0.497. The summed E-state index contributed by atoms with van der Waals surface area (Å²) in [6, 6.07) is 15.7. The van der Waals surface area contributed by atoms with Crippen LogP contribution in [0.25, 0.3) is 0 Å². The van der Waals surface area contributed by atoms with Crippen LogP contribution in [0.15, 0.2) is 54.6 Å². The molecule has 0 spiro atoms.